The van der Waals surface area contributed by atoms with Crippen molar-refractivity contribution >= 4 is 40.6 Å². The molecule has 0 aliphatic rings. The van der Waals surface area contributed by atoms with Crippen molar-refractivity contribution in [3.05, 3.63) is 62.9 Å². The van der Waals surface area contributed by atoms with Gasteiger partial charge in [-0.05, 0) is 26.0 Å². The molecular formula is C19H17ClF2N6O4. The van der Waals surface area contributed by atoms with Gasteiger partial charge in [0.1, 0.15) is 17.9 Å². The third kappa shape index (κ3) is 4.98. The van der Waals surface area contributed by atoms with E-state index in [4.69, 9.17) is 16.3 Å². The number of halogens is 3. The van der Waals surface area contributed by atoms with Gasteiger partial charge in [-0.3, -0.25) is 10.1 Å². The number of benzene rings is 2. The minimum atomic E-state index is -1.37. The topological polar surface area (TPSA) is 135 Å². The Balaban J connectivity index is 1.95. The first kappa shape index (κ1) is 23.0. The van der Waals surface area contributed by atoms with E-state index in [2.05, 4.69) is 25.6 Å². The lowest BCUT2D eigenvalue weighted by Crippen LogP contribution is -2.18. The highest BCUT2D eigenvalue weighted by Gasteiger charge is 2.23. The Morgan fingerprint density at radius 2 is 1.72 bits per heavy atom. The van der Waals surface area contributed by atoms with Crippen LogP contribution in [0.1, 0.15) is 19.4 Å². The van der Waals surface area contributed by atoms with E-state index in [-0.39, 0.29) is 39.6 Å². The Morgan fingerprint density at radius 3 is 2.28 bits per heavy atom. The molecule has 0 atom stereocenters. The Kier molecular flexibility index (Phi) is 6.37. The average Bonchev–Trinajstić information content (AvgIpc) is 2.70. The number of nitrogens with zero attached hydrogens (tertiary/aromatic N) is 4. The van der Waals surface area contributed by atoms with Crippen LogP contribution in [-0.2, 0) is 5.60 Å². The molecule has 3 aromatic rings. The summed E-state index contributed by atoms with van der Waals surface area (Å²) >= 11 is 5.83. The molecule has 0 unspecified atom stereocenters. The van der Waals surface area contributed by atoms with Gasteiger partial charge < -0.3 is 20.5 Å². The number of aliphatic hydroxyl groups is 1. The molecule has 10 nitrogen and oxygen atoms in total. The summed E-state index contributed by atoms with van der Waals surface area (Å²) in [5.41, 5.74) is -1.66. The van der Waals surface area contributed by atoms with Gasteiger partial charge in [-0.15, -0.1) is 0 Å². The minimum absolute atomic E-state index is 0.0212. The van der Waals surface area contributed by atoms with Gasteiger partial charge in [0.2, 0.25) is 17.7 Å². The van der Waals surface area contributed by atoms with Crippen LogP contribution in [0.4, 0.5) is 37.7 Å². The van der Waals surface area contributed by atoms with Gasteiger partial charge in [-0.2, -0.15) is 9.37 Å². The lowest BCUT2D eigenvalue weighted by atomic mass is 9.96. The van der Waals surface area contributed by atoms with Gasteiger partial charge in [-0.25, -0.2) is 14.4 Å². The van der Waals surface area contributed by atoms with Crippen molar-refractivity contribution in [1.82, 2.24) is 15.0 Å². The van der Waals surface area contributed by atoms with E-state index >= 15 is 0 Å². The standard InChI is InChI=1S/C19H17ClF2N6O4/c1-19(2,29)9-4-10(20)11(21)5-13(9)25-17-23-8-24-18(27-17)26-14-7-15(28(30)31)12(22)6-16(14)32-3/h4-8,29H,1-3H3,(H2,23,24,25,26,27). The summed E-state index contributed by atoms with van der Waals surface area (Å²) in [6, 6.07) is 4.15. The molecule has 1 aromatic heterocycles. The lowest BCUT2D eigenvalue weighted by Gasteiger charge is -2.22. The van der Waals surface area contributed by atoms with Crippen LogP contribution in [0.2, 0.25) is 5.02 Å². The molecule has 0 saturated carbocycles. The van der Waals surface area contributed by atoms with Crippen LogP contribution < -0.4 is 15.4 Å². The predicted octanol–water partition coefficient (Wildman–Crippen LogP) is 4.43. The lowest BCUT2D eigenvalue weighted by molar-refractivity contribution is -0.387. The summed E-state index contributed by atoms with van der Waals surface area (Å²) in [5, 5.41) is 26.7. The molecule has 3 N–H and O–H groups in total. The SMILES string of the molecule is COc1cc(F)c([N+](=O)[O-])cc1Nc1ncnc(Nc2cc(F)c(Cl)cc2C(C)(C)O)n1. The zero-order chi connectivity index (χ0) is 23.6. The zero-order valence-corrected chi connectivity index (χ0v) is 17.7. The summed E-state index contributed by atoms with van der Waals surface area (Å²) in [4.78, 5) is 22.1. The monoisotopic (exact) mass is 466 g/mol. The largest absolute Gasteiger partial charge is 0.494 e. The molecule has 0 spiro atoms. The number of methoxy groups -OCH3 is 1. The van der Waals surface area contributed by atoms with Crippen molar-refractivity contribution in [1.29, 1.82) is 0 Å². The van der Waals surface area contributed by atoms with Gasteiger partial charge in [-0.1, -0.05) is 11.6 Å². The molecule has 13 heteroatoms. The second kappa shape index (κ2) is 8.85. The zero-order valence-electron chi connectivity index (χ0n) is 17.0. The number of hydrogen-bond acceptors (Lipinski definition) is 9. The third-order valence-corrected chi connectivity index (χ3v) is 4.54. The fraction of sp³-hybridized carbons (Fsp3) is 0.211. The van der Waals surface area contributed by atoms with Crippen molar-refractivity contribution in [2.45, 2.75) is 19.4 Å². The molecule has 0 aliphatic heterocycles. The molecule has 1 heterocycles. The maximum atomic E-state index is 14.0. The number of hydrogen-bond donors (Lipinski definition) is 3. The van der Waals surface area contributed by atoms with Gasteiger partial charge in [0.25, 0.3) is 0 Å². The van der Waals surface area contributed by atoms with Crippen molar-refractivity contribution in [3.63, 3.8) is 0 Å². The van der Waals surface area contributed by atoms with E-state index in [9.17, 15) is 24.0 Å². The van der Waals surface area contributed by atoms with E-state index in [1.807, 2.05) is 0 Å². The molecule has 2 aromatic carbocycles. The summed E-state index contributed by atoms with van der Waals surface area (Å²) in [6.45, 7) is 2.99. The molecule has 0 aliphatic carbocycles. The first-order valence-electron chi connectivity index (χ1n) is 8.96. The first-order chi connectivity index (χ1) is 15.0. The Labute approximate surface area is 185 Å². The summed E-state index contributed by atoms with van der Waals surface area (Å²) in [5.74, 6) is -1.92. The highest BCUT2D eigenvalue weighted by atomic mass is 35.5. The van der Waals surface area contributed by atoms with Crippen molar-refractivity contribution in [2.75, 3.05) is 17.7 Å². The fourth-order valence-corrected chi connectivity index (χ4v) is 2.93. The predicted molar refractivity (Wildman–Crippen MR) is 113 cm³/mol. The molecule has 0 fully saturated rings. The number of nitro benzene ring substituents is 1. The number of nitro groups is 1. The normalized spacial score (nSPS) is 11.2. The maximum absolute atomic E-state index is 14.0. The Hall–Kier alpha value is -3.64. The van der Waals surface area contributed by atoms with E-state index in [1.165, 1.54) is 27.0 Å². The number of rotatable bonds is 7. The van der Waals surface area contributed by atoms with Crippen LogP contribution in [0, 0.1) is 21.7 Å². The molecule has 0 amide bonds. The first-order valence-corrected chi connectivity index (χ1v) is 9.34. The van der Waals surface area contributed by atoms with Crippen LogP contribution in [0.15, 0.2) is 30.6 Å². The van der Waals surface area contributed by atoms with Crippen LogP contribution in [-0.4, -0.2) is 32.1 Å². The van der Waals surface area contributed by atoms with Crippen molar-refractivity contribution in [2.24, 2.45) is 0 Å². The number of aromatic nitrogens is 3. The average molecular weight is 467 g/mol. The van der Waals surface area contributed by atoms with E-state index in [0.717, 1.165) is 24.5 Å². The molecule has 168 valence electrons. The molecule has 0 bridgehead atoms. The molecule has 32 heavy (non-hydrogen) atoms. The highest BCUT2D eigenvalue weighted by molar-refractivity contribution is 6.30. The van der Waals surface area contributed by atoms with Crippen LogP contribution in [0.3, 0.4) is 0 Å². The van der Waals surface area contributed by atoms with E-state index in [1.54, 1.807) is 0 Å². The van der Waals surface area contributed by atoms with Gasteiger partial charge in [0.15, 0.2) is 0 Å². The van der Waals surface area contributed by atoms with Gasteiger partial charge >= 0.3 is 5.69 Å². The Bertz CT molecular complexity index is 1190. The summed E-state index contributed by atoms with van der Waals surface area (Å²) < 4.78 is 32.9. The minimum Gasteiger partial charge on any atom is -0.494 e. The molecular weight excluding hydrogens is 450 g/mol. The van der Waals surface area contributed by atoms with Crippen LogP contribution in [0.25, 0.3) is 0 Å². The second-order valence-electron chi connectivity index (χ2n) is 7.01. The number of nitrogens with one attached hydrogen (secondary N) is 2. The van der Waals surface area contributed by atoms with E-state index in [0.29, 0.717) is 0 Å². The summed E-state index contributed by atoms with van der Waals surface area (Å²) in [6.07, 6.45) is 1.12. The highest BCUT2D eigenvalue weighted by Crippen LogP contribution is 2.35. The van der Waals surface area contributed by atoms with Gasteiger partial charge in [0, 0.05) is 23.4 Å². The quantitative estimate of drug-likeness (QED) is 0.341. The van der Waals surface area contributed by atoms with Crippen LogP contribution >= 0.6 is 11.6 Å². The molecule has 0 saturated heterocycles. The fourth-order valence-electron chi connectivity index (χ4n) is 2.76. The number of ether oxygens (including phenoxy) is 1. The maximum Gasteiger partial charge on any atom is 0.307 e. The van der Waals surface area contributed by atoms with Crippen LogP contribution in [0.5, 0.6) is 5.75 Å². The number of anilines is 4. The second-order valence-corrected chi connectivity index (χ2v) is 7.42. The smallest absolute Gasteiger partial charge is 0.307 e. The van der Waals surface area contributed by atoms with Crippen molar-refractivity contribution < 1.29 is 23.5 Å². The molecule has 3 rings (SSSR count). The van der Waals surface area contributed by atoms with Gasteiger partial charge in [0.05, 0.1) is 28.3 Å². The summed E-state index contributed by atoms with van der Waals surface area (Å²) in [7, 11) is 1.26. The Morgan fingerprint density at radius 1 is 1.09 bits per heavy atom. The van der Waals surface area contributed by atoms with Crippen molar-refractivity contribution in [3.8, 4) is 5.75 Å². The van der Waals surface area contributed by atoms with E-state index < -0.39 is 27.8 Å². The molecule has 0 radical (unpaired) electrons. The third-order valence-electron chi connectivity index (χ3n) is 4.25.